The number of aromatic nitrogens is 2. The summed E-state index contributed by atoms with van der Waals surface area (Å²) in [4.78, 5) is 8.31. The Hall–Kier alpha value is -2.55. The lowest BCUT2D eigenvalue weighted by Gasteiger charge is -2.30. The number of aliphatic hydroxyl groups is 1. The second-order valence-electron chi connectivity index (χ2n) is 7.74. The molecule has 1 aliphatic carbocycles. The molecule has 6 nitrogen and oxygen atoms in total. The molecule has 3 rings (SSSR count). The lowest BCUT2D eigenvalue weighted by molar-refractivity contribution is -0.272. The van der Waals surface area contributed by atoms with Crippen LogP contribution in [0.1, 0.15) is 37.6 Å². The van der Waals surface area contributed by atoms with E-state index in [-0.39, 0.29) is 12.0 Å². The summed E-state index contributed by atoms with van der Waals surface area (Å²) in [6, 6.07) is 10.1. The Labute approximate surface area is 174 Å². The summed E-state index contributed by atoms with van der Waals surface area (Å²) in [6.07, 6.45) is -0.753. The summed E-state index contributed by atoms with van der Waals surface area (Å²) in [5.41, 5.74) is -1.81. The highest BCUT2D eigenvalue weighted by molar-refractivity contribution is 5.79. The number of rotatable bonds is 8. The molecule has 0 spiro atoms. The molecule has 1 saturated carbocycles. The van der Waals surface area contributed by atoms with Crippen LogP contribution in [0.5, 0.6) is 0 Å². The largest absolute Gasteiger partial charge is 0.424 e. The van der Waals surface area contributed by atoms with Crippen LogP contribution in [0, 0.1) is 0 Å². The van der Waals surface area contributed by atoms with Gasteiger partial charge < -0.3 is 20.3 Å². The first-order chi connectivity index (χ1) is 14.2. The maximum Gasteiger partial charge on any atom is 0.424 e. The molecule has 1 atom stereocenters. The molecule has 1 unspecified atom stereocenters. The zero-order valence-electron chi connectivity index (χ0n) is 17.2. The molecule has 0 saturated heterocycles. The van der Waals surface area contributed by atoms with E-state index in [0.29, 0.717) is 19.0 Å². The van der Waals surface area contributed by atoms with Gasteiger partial charge in [-0.2, -0.15) is 13.2 Å². The Morgan fingerprint density at radius 2 is 1.93 bits per heavy atom. The van der Waals surface area contributed by atoms with E-state index in [1.54, 1.807) is 0 Å². The van der Waals surface area contributed by atoms with Gasteiger partial charge in [-0.05, 0) is 25.3 Å². The predicted molar refractivity (Wildman–Crippen MR) is 109 cm³/mol. The number of nitrogens with zero attached hydrogens (tertiary/aromatic N) is 3. The normalized spacial score (nSPS) is 18.0. The maximum absolute atomic E-state index is 13.6. The molecule has 0 bridgehead atoms. The molecule has 1 fully saturated rings. The first-order valence-electron chi connectivity index (χ1n) is 10.1. The predicted octanol–water partition coefficient (Wildman–Crippen LogP) is 2.85. The fourth-order valence-electron chi connectivity index (χ4n) is 3.56. The molecular formula is C21H28F3N5O. The van der Waals surface area contributed by atoms with Crippen LogP contribution >= 0.6 is 0 Å². The number of halogens is 3. The topological polar surface area (TPSA) is 74.5 Å². The lowest BCUT2D eigenvalue weighted by Crippen LogP contribution is -2.48. The monoisotopic (exact) mass is 423 g/mol. The number of hydrogen-bond donors (Lipinski definition) is 3. The Morgan fingerprint density at radius 3 is 2.47 bits per heavy atom. The van der Waals surface area contributed by atoms with Gasteiger partial charge in [0, 0.05) is 44.4 Å². The van der Waals surface area contributed by atoms with E-state index >= 15 is 0 Å². The SMILES string of the molecule is CCNC(=NCC1(c2ccccc2)CC1)NCCC(O)(c1nccn1C)C(F)(F)F. The second-order valence-corrected chi connectivity index (χ2v) is 7.74. The van der Waals surface area contributed by atoms with E-state index in [9.17, 15) is 18.3 Å². The number of guanidine groups is 1. The molecule has 2 aromatic rings. The minimum Gasteiger partial charge on any atom is -0.374 e. The van der Waals surface area contributed by atoms with Crippen molar-refractivity contribution in [1.82, 2.24) is 20.2 Å². The number of aliphatic imine (C=N–C) groups is 1. The molecule has 1 heterocycles. The van der Waals surface area contributed by atoms with E-state index in [4.69, 9.17) is 0 Å². The standard InChI is InChI=1S/C21H28F3N5O/c1-3-25-18(28-15-19(9-10-19)16-7-5-4-6-8-16)27-12-11-20(30,21(22,23)24)17-26-13-14-29(17)2/h4-8,13-14,30H,3,9-12,15H2,1-2H3,(H2,25,27,28). The van der Waals surface area contributed by atoms with Crippen molar-refractivity contribution >= 4 is 5.96 Å². The molecule has 9 heteroatoms. The smallest absolute Gasteiger partial charge is 0.374 e. The van der Waals surface area contributed by atoms with Crippen molar-refractivity contribution < 1.29 is 18.3 Å². The van der Waals surface area contributed by atoms with E-state index in [1.807, 2.05) is 25.1 Å². The number of benzene rings is 1. The van der Waals surface area contributed by atoms with E-state index in [2.05, 4.69) is 32.7 Å². The Bertz CT molecular complexity index is 861. The van der Waals surface area contributed by atoms with Crippen LogP contribution in [0.25, 0.3) is 0 Å². The van der Waals surface area contributed by atoms with Crippen LogP contribution in [0.15, 0.2) is 47.7 Å². The highest BCUT2D eigenvalue weighted by Gasteiger charge is 2.57. The van der Waals surface area contributed by atoms with E-state index < -0.39 is 24.0 Å². The van der Waals surface area contributed by atoms with Crippen LogP contribution in [-0.2, 0) is 18.1 Å². The Kier molecular flexibility index (Phi) is 6.40. The first kappa shape index (κ1) is 22.1. The van der Waals surface area contributed by atoms with Crippen molar-refractivity contribution in [3.63, 3.8) is 0 Å². The highest BCUT2D eigenvalue weighted by Crippen LogP contribution is 2.48. The quantitative estimate of drug-likeness (QED) is 0.451. The average Bonchev–Trinajstić information content (AvgIpc) is 3.38. The van der Waals surface area contributed by atoms with E-state index in [1.165, 1.54) is 29.6 Å². The molecule has 1 aromatic carbocycles. The van der Waals surface area contributed by atoms with Gasteiger partial charge in [0.15, 0.2) is 5.96 Å². The number of hydrogen-bond acceptors (Lipinski definition) is 3. The van der Waals surface area contributed by atoms with Gasteiger partial charge in [0.2, 0.25) is 5.60 Å². The zero-order chi connectivity index (χ0) is 21.8. The summed E-state index contributed by atoms with van der Waals surface area (Å²) < 4.78 is 42.1. The van der Waals surface area contributed by atoms with Crippen molar-refractivity contribution in [2.45, 2.75) is 43.4 Å². The van der Waals surface area contributed by atoms with Crippen molar-refractivity contribution in [3.8, 4) is 0 Å². The number of alkyl halides is 3. The highest BCUT2D eigenvalue weighted by atomic mass is 19.4. The summed E-state index contributed by atoms with van der Waals surface area (Å²) >= 11 is 0. The molecule has 3 N–H and O–H groups in total. The third-order valence-electron chi connectivity index (χ3n) is 5.56. The van der Waals surface area contributed by atoms with Crippen molar-refractivity contribution in [2.24, 2.45) is 12.0 Å². The Balaban J connectivity index is 1.67. The number of imidazole rings is 1. The summed E-state index contributed by atoms with van der Waals surface area (Å²) in [7, 11) is 1.43. The van der Waals surface area contributed by atoms with Gasteiger partial charge in [-0.1, -0.05) is 30.3 Å². The van der Waals surface area contributed by atoms with Crippen LogP contribution in [-0.4, -0.2) is 46.4 Å². The summed E-state index contributed by atoms with van der Waals surface area (Å²) in [5.74, 6) is 0.00354. The first-order valence-corrected chi connectivity index (χ1v) is 10.1. The van der Waals surface area contributed by atoms with E-state index in [0.717, 1.165) is 12.8 Å². The number of nitrogens with one attached hydrogen (secondary N) is 2. The van der Waals surface area contributed by atoms with Crippen LogP contribution in [0.3, 0.4) is 0 Å². The zero-order valence-corrected chi connectivity index (χ0v) is 17.2. The molecule has 0 radical (unpaired) electrons. The molecule has 164 valence electrons. The van der Waals surface area contributed by atoms with Gasteiger partial charge in [0.1, 0.15) is 5.82 Å². The van der Waals surface area contributed by atoms with Gasteiger partial charge in [0.25, 0.3) is 0 Å². The maximum atomic E-state index is 13.6. The van der Waals surface area contributed by atoms with Gasteiger partial charge in [-0.3, -0.25) is 4.99 Å². The van der Waals surface area contributed by atoms with Gasteiger partial charge in [-0.15, -0.1) is 0 Å². The molecule has 30 heavy (non-hydrogen) atoms. The molecule has 1 aliphatic rings. The van der Waals surface area contributed by atoms with Crippen molar-refractivity contribution in [3.05, 3.63) is 54.1 Å². The van der Waals surface area contributed by atoms with Gasteiger partial charge in [0.05, 0.1) is 6.54 Å². The third kappa shape index (κ3) is 4.61. The molecular weight excluding hydrogens is 395 g/mol. The van der Waals surface area contributed by atoms with Crippen LogP contribution in [0.2, 0.25) is 0 Å². The van der Waals surface area contributed by atoms with Crippen LogP contribution in [0.4, 0.5) is 13.2 Å². The van der Waals surface area contributed by atoms with Crippen molar-refractivity contribution in [2.75, 3.05) is 19.6 Å². The van der Waals surface area contributed by atoms with Crippen molar-refractivity contribution in [1.29, 1.82) is 0 Å². The average molecular weight is 423 g/mol. The minimum absolute atomic E-state index is 0.00325. The van der Waals surface area contributed by atoms with Crippen LogP contribution < -0.4 is 10.6 Å². The fourth-order valence-corrected chi connectivity index (χ4v) is 3.56. The van der Waals surface area contributed by atoms with Gasteiger partial charge in [-0.25, -0.2) is 4.98 Å². The second kappa shape index (κ2) is 8.67. The minimum atomic E-state index is -4.85. The molecule has 0 aliphatic heterocycles. The Morgan fingerprint density at radius 1 is 1.23 bits per heavy atom. The van der Waals surface area contributed by atoms with Gasteiger partial charge >= 0.3 is 6.18 Å². The third-order valence-corrected chi connectivity index (χ3v) is 5.56. The lowest BCUT2D eigenvalue weighted by atomic mass is 9.96. The summed E-state index contributed by atoms with van der Waals surface area (Å²) in [6.45, 7) is 2.90. The fraction of sp³-hybridized carbons (Fsp3) is 0.524. The molecule has 1 aromatic heterocycles. The summed E-state index contributed by atoms with van der Waals surface area (Å²) in [5, 5.41) is 16.4. The molecule has 0 amide bonds. The number of aryl methyl sites for hydroxylation is 1.